The van der Waals surface area contributed by atoms with Gasteiger partial charge in [-0.3, -0.25) is 9.69 Å². The number of piperazine rings is 1. The molecule has 5 rings (SSSR count). The largest absolute Gasteiger partial charge is 0.381 e. The van der Waals surface area contributed by atoms with Gasteiger partial charge in [-0.25, -0.2) is 4.98 Å². The number of carbonyl (C=O) groups is 1. The van der Waals surface area contributed by atoms with Crippen LogP contribution in [0.1, 0.15) is 13.8 Å². The molecule has 4 aliphatic rings. The molecule has 0 spiro atoms. The van der Waals surface area contributed by atoms with Gasteiger partial charge in [-0.1, -0.05) is 0 Å². The molecule has 0 saturated carbocycles. The van der Waals surface area contributed by atoms with Crippen LogP contribution in [0.25, 0.3) is 0 Å². The topological polar surface area (TPSA) is 52.1 Å². The predicted octanol–water partition coefficient (Wildman–Crippen LogP) is 1.04. The Morgan fingerprint density at radius 3 is 2.59 bits per heavy atom. The van der Waals surface area contributed by atoms with E-state index in [0.29, 0.717) is 17.9 Å². The average molecular weight is 371 g/mol. The standard InChI is InChI=1S/C20H29N5O2/c1-13(2)23-4-5-25-18(10-23)20(26)22(3)17-6-16(7-21-19(17)25)24-8-14-11-27-12-15(14)9-24/h6-7,13-15,18H,4-5,8-12H2,1-3H3/t14?,15?,18-/m1/s1. The lowest BCUT2D eigenvalue weighted by Gasteiger charge is -2.47. The van der Waals surface area contributed by atoms with E-state index < -0.39 is 0 Å². The van der Waals surface area contributed by atoms with E-state index in [1.165, 1.54) is 0 Å². The molecule has 3 atom stereocenters. The Labute approximate surface area is 160 Å². The summed E-state index contributed by atoms with van der Waals surface area (Å²) < 4.78 is 5.60. The fourth-order valence-electron chi connectivity index (χ4n) is 5.05. The van der Waals surface area contributed by atoms with Crippen molar-refractivity contribution in [3.8, 4) is 0 Å². The van der Waals surface area contributed by atoms with Gasteiger partial charge >= 0.3 is 0 Å². The first-order chi connectivity index (χ1) is 13.0. The molecule has 1 aromatic heterocycles. The maximum Gasteiger partial charge on any atom is 0.250 e. The lowest BCUT2D eigenvalue weighted by molar-refractivity contribution is -0.121. The molecule has 0 aliphatic carbocycles. The van der Waals surface area contributed by atoms with Crippen LogP contribution in [0.4, 0.5) is 17.2 Å². The number of anilines is 3. The highest BCUT2D eigenvalue weighted by atomic mass is 16.5. The van der Waals surface area contributed by atoms with E-state index in [9.17, 15) is 4.79 Å². The maximum absolute atomic E-state index is 13.1. The zero-order chi connectivity index (χ0) is 18.7. The van der Waals surface area contributed by atoms with Crippen molar-refractivity contribution in [1.82, 2.24) is 9.88 Å². The Morgan fingerprint density at radius 1 is 1.15 bits per heavy atom. The highest BCUT2D eigenvalue weighted by Crippen LogP contribution is 2.39. The Balaban J connectivity index is 1.43. The minimum Gasteiger partial charge on any atom is -0.381 e. The molecule has 3 fully saturated rings. The van der Waals surface area contributed by atoms with Crippen LogP contribution in [-0.4, -0.2) is 80.9 Å². The summed E-state index contributed by atoms with van der Waals surface area (Å²) in [5.41, 5.74) is 2.07. The molecule has 0 aromatic carbocycles. The summed E-state index contributed by atoms with van der Waals surface area (Å²) in [6.07, 6.45) is 2.00. The number of fused-ring (bicyclic) bond motifs is 4. The van der Waals surface area contributed by atoms with Gasteiger partial charge in [-0.2, -0.15) is 0 Å². The van der Waals surface area contributed by atoms with Gasteiger partial charge in [0.2, 0.25) is 0 Å². The van der Waals surface area contributed by atoms with Crippen molar-refractivity contribution in [3.63, 3.8) is 0 Å². The van der Waals surface area contributed by atoms with Crippen LogP contribution in [0.2, 0.25) is 0 Å². The third-order valence-electron chi connectivity index (χ3n) is 6.83. The number of amides is 1. The number of nitrogens with zero attached hydrogens (tertiary/aromatic N) is 5. The van der Waals surface area contributed by atoms with Crippen LogP contribution < -0.4 is 14.7 Å². The monoisotopic (exact) mass is 371 g/mol. The number of hydrogen-bond acceptors (Lipinski definition) is 6. The Kier molecular flexibility index (Phi) is 4.05. The Morgan fingerprint density at radius 2 is 1.89 bits per heavy atom. The molecular formula is C20H29N5O2. The fourth-order valence-corrected chi connectivity index (χ4v) is 5.05. The van der Waals surface area contributed by atoms with E-state index >= 15 is 0 Å². The summed E-state index contributed by atoms with van der Waals surface area (Å²) in [4.78, 5) is 26.7. The summed E-state index contributed by atoms with van der Waals surface area (Å²) >= 11 is 0. The second-order valence-corrected chi connectivity index (χ2v) is 8.69. The zero-order valence-electron chi connectivity index (χ0n) is 16.5. The van der Waals surface area contributed by atoms with Gasteiger partial charge in [0.15, 0.2) is 5.82 Å². The first-order valence-electron chi connectivity index (χ1n) is 10.1. The lowest BCUT2D eigenvalue weighted by Crippen LogP contribution is -2.63. The summed E-state index contributed by atoms with van der Waals surface area (Å²) in [7, 11) is 1.89. The van der Waals surface area contributed by atoms with E-state index in [1.54, 1.807) is 0 Å². The van der Waals surface area contributed by atoms with E-state index in [1.807, 2.05) is 18.1 Å². The van der Waals surface area contributed by atoms with E-state index in [2.05, 4.69) is 34.6 Å². The van der Waals surface area contributed by atoms with Gasteiger partial charge in [0.25, 0.3) is 5.91 Å². The van der Waals surface area contributed by atoms with Gasteiger partial charge in [-0.05, 0) is 19.9 Å². The molecule has 3 saturated heterocycles. The van der Waals surface area contributed by atoms with Crippen molar-refractivity contribution in [2.24, 2.45) is 11.8 Å². The summed E-state index contributed by atoms with van der Waals surface area (Å²) in [6, 6.07) is 2.49. The molecule has 5 heterocycles. The quantitative estimate of drug-likeness (QED) is 0.774. The van der Waals surface area contributed by atoms with Gasteiger partial charge in [0, 0.05) is 57.6 Å². The normalized spacial score (nSPS) is 30.7. The van der Waals surface area contributed by atoms with Crippen molar-refractivity contribution >= 4 is 23.1 Å². The first kappa shape index (κ1) is 17.3. The van der Waals surface area contributed by atoms with E-state index in [-0.39, 0.29) is 11.9 Å². The summed E-state index contributed by atoms with van der Waals surface area (Å²) in [5, 5.41) is 0. The molecule has 146 valence electrons. The molecule has 4 aliphatic heterocycles. The van der Waals surface area contributed by atoms with Gasteiger partial charge in [0.05, 0.1) is 30.8 Å². The van der Waals surface area contributed by atoms with Crippen molar-refractivity contribution in [2.75, 3.05) is 67.7 Å². The summed E-state index contributed by atoms with van der Waals surface area (Å²) in [6.45, 7) is 10.8. The molecule has 0 radical (unpaired) electrons. The highest BCUT2D eigenvalue weighted by molar-refractivity contribution is 6.05. The number of aromatic nitrogens is 1. The molecule has 7 heteroatoms. The number of rotatable bonds is 2. The van der Waals surface area contributed by atoms with Crippen LogP contribution in [0.3, 0.4) is 0 Å². The molecule has 2 unspecified atom stereocenters. The minimum absolute atomic E-state index is 0.125. The molecule has 27 heavy (non-hydrogen) atoms. The Hall–Kier alpha value is -1.86. The van der Waals surface area contributed by atoms with Crippen LogP contribution in [-0.2, 0) is 9.53 Å². The van der Waals surface area contributed by atoms with Crippen molar-refractivity contribution in [1.29, 1.82) is 0 Å². The second kappa shape index (κ2) is 6.34. The maximum atomic E-state index is 13.1. The van der Waals surface area contributed by atoms with Crippen molar-refractivity contribution in [2.45, 2.75) is 25.9 Å². The molecular weight excluding hydrogens is 342 g/mol. The van der Waals surface area contributed by atoms with E-state index in [4.69, 9.17) is 9.72 Å². The lowest BCUT2D eigenvalue weighted by atomic mass is 10.0. The third-order valence-corrected chi connectivity index (χ3v) is 6.83. The number of ether oxygens (including phenoxy) is 1. The van der Waals surface area contributed by atoms with Crippen LogP contribution in [0.15, 0.2) is 12.3 Å². The van der Waals surface area contributed by atoms with Crippen molar-refractivity contribution in [3.05, 3.63) is 12.3 Å². The number of hydrogen-bond donors (Lipinski definition) is 0. The molecule has 7 nitrogen and oxygen atoms in total. The number of likely N-dealkylation sites (N-methyl/N-ethyl adjacent to an activating group) is 1. The molecule has 0 bridgehead atoms. The van der Waals surface area contributed by atoms with Crippen molar-refractivity contribution < 1.29 is 9.53 Å². The van der Waals surface area contributed by atoms with Gasteiger partial charge in [0.1, 0.15) is 6.04 Å². The third kappa shape index (κ3) is 2.70. The molecule has 1 amide bonds. The van der Waals surface area contributed by atoms with Crippen LogP contribution in [0.5, 0.6) is 0 Å². The van der Waals surface area contributed by atoms with E-state index in [0.717, 1.165) is 63.1 Å². The smallest absolute Gasteiger partial charge is 0.250 e. The first-order valence-corrected chi connectivity index (χ1v) is 10.1. The zero-order valence-corrected chi connectivity index (χ0v) is 16.5. The number of pyridine rings is 1. The highest BCUT2D eigenvalue weighted by Gasteiger charge is 2.42. The minimum atomic E-state index is -0.125. The van der Waals surface area contributed by atoms with Crippen LogP contribution >= 0.6 is 0 Å². The SMILES string of the molecule is CC(C)N1CCN2c3ncc(N4CC5COCC5C4)cc3N(C)C(=O)[C@H]2C1. The second-order valence-electron chi connectivity index (χ2n) is 8.69. The van der Waals surface area contributed by atoms with Gasteiger partial charge in [-0.15, -0.1) is 0 Å². The van der Waals surface area contributed by atoms with Gasteiger partial charge < -0.3 is 19.4 Å². The summed E-state index contributed by atoms with van der Waals surface area (Å²) in [5.74, 6) is 2.40. The molecule has 0 N–H and O–H groups in total. The fraction of sp³-hybridized carbons (Fsp3) is 0.700. The average Bonchev–Trinajstić information content (AvgIpc) is 3.27. The predicted molar refractivity (Wildman–Crippen MR) is 106 cm³/mol. The Bertz CT molecular complexity index is 742. The van der Waals surface area contributed by atoms with Crippen LogP contribution in [0, 0.1) is 11.8 Å². The number of carbonyl (C=O) groups excluding carboxylic acids is 1. The molecule has 1 aromatic rings.